The summed E-state index contributed by atoms with van der Waals surface area (Å²) in [4.78, 5) is 10.2. The van der Waals surface area contributed by atoms with Crippen LogP contribution in [0.25, 0.3) is 0 Å². The molecule has 0 aliphatic rings. The van der Waals surface area contributed by atoms with E-state index in [1.165, 1.54) is 12.8 Å². The summed E-state index contributed by atoms with van der Waals surface area (Å²) >= 11 is 0. The molecular weight excluding hydrogens is 178 g/mol. The van der Waals surface area contributed by atoms with Gasteiger partial charge in [-0.25, -0.2) is 0 Å². The second-order valence-electron chi connectivity index (χ2n) is 2.79. The van der Waals surface area contributed by atoms with E-state index in [0.29, 0.717) is 6.42 Å². The molecule has 0 radical (unpaired) electrons. The third-order valence-electron chi connectivity index (χ3n) is 1.69. The number of halogens is 1. The standard InChI is InChI=1S/C8H17NO2.ClH/c1-2-3-4-5-6-7(9)8(10)11;/h7H,2-6,9H2,1H3,(H,10,11);1H/t7-;/m0./s1. The molecule has 1 atom stereocenters. The maximum Gasteiger partial charge on any atom is 0.320 e. The molecule has 4 heteroatoms. The molecule has 3 N–H and O–H groups in total. The summed E-state index contributed by atoms with van der Waals surface area (Å²) < 4.78 is 0. The largest absolute Gasteiger partial charge is 0.480 e. The van der Waals surface area contributed by atoms with Gasteiger partial charge in [0.15, 0.2) is 0 Å². The van der Waals surface area contributed by atoms with Crippen LogP contribution < -0.4 is 5.73 Å². The number of hydrogen-bond acceptors (Lipinski definition) is 2. The van der Waals surface area contributed by atoms with E-state index >= 15 is 0 Å². The number of carboxylic acid groups (broad SMARTS) is 1. The second-order valence-corrected chi connectivity index (χ2v) is 2.79. The first-order valence-electron chi connectivity index (χ1n) is 4.17. The van der Waals surface area contributed by atoms with Crippen LogP contribution in [0.5, 0.6) is 0 Å². The van der Waals surface area contributed by atoms with Crippen molar-refractivity contribution in [2.45, 2.75) is 45.1 Å². The van der Waals surface area contributed by atoms with Crippen molar-refractivity contribution in [3.63, 3.8) is 0 Å². The molecular formula is C8H18ClNO2. The number of rotatable bonds is 6. The van der Waals surface area contributed by atoms with E-state index in [0.717, 1.165) is 12.8 Å². The van der Waals surface area contributed by atoms with Gasteiger partial charge in [-0.15, -0.1) is 12.4 Å². The summed E-state index contributed by atoms with van der Waals surface area (Å²) in [5.74, 6) is -0.888. The van der Waals surface area contributed by atoms with E-state index < -0.39 is 12.0 Å². The zero-order valence-electron chi connectivity index (χ0n) is 7.45. The van der Waals surface area contributed by atoms with Gasteiger partial charge >= 0.3 is 5.97 Å². The Morgan fingerprint density at radius 1 is 1.42 bits per heavy atom. The fourth-order valence-electron chi connectivity index (χ4n) is 0.915. The molecule has 0 saturated heterocycles. The monoisotopic (exact) mass is 195 g/mol. The van der Waals surface area contributed by atoms with Crippen molar-refractivity contribution in [3.05, 3.63) is 0 Å². The van der Waals surface area contributed by atoms with Gasteiger partial charge in [-0.2, -0.15) is 0 Å². The van der Waals surface area contributed by atoms with Crippen molar-refractivity contribution >= 4 is 18.4 Å². The lowest BCUT2D eigenvalue weighted by molar-refractivity contribution is -0.138. The molecule has 0 aliphatic carbocycles. The minimum Gasteiger partial charge on any atom is -0.480 e. The van der Waals surface area contributed by atoms with E-state index in [4.69, 9.17) is 10.8 Å². The summed E-state index contributed by atoms with van der Waals surface area (Å²) in [6, 6.07) is -0.660. The molecule has 0 rings (SSSR count). The molecule has 0 unspecified atom stereocenters. The summed E-state index contributed by atoms with van der Waals surface area (Å²) in [6.07, 6.45) is 4.97. The number of nitrogens with two attached hydrogens (primary N) is 1. The SMILES string of the molecule is CCCCCC[C@H](N)C(=O)O.Cl. The van der Waals surface area contributed by atoms with E-state index in [-0.39, 0.29) is 12.4 Å². The lowest BCUT2D eigenvalue weighted by Gasteiger charge is -2.04. The number of unbranched alkanes of at least 4 members (excludes halogenated alkanes) is 3. The number of aliphatic carboxylic acids is 1. The van der Waals surface area contributed by atoms with Crippen LogP contribution in [0.3, 0.4) is 0 Å². The summed E-state index contributed by atoms with van der Waals surface area (Å²) in [6.45, 7) is 2.12. The van der Waals surface area contributed by atoms with E-state index in [2.05, 4.69) is 6.92 Å². The Balaban J connectivity index is 0. The van der Waals surface area contributed by atoms with Crippen molar-refractivity contribution in [2.75, 3.05) is 0 Å². The van der Waals surface area contributed by atoms with Gasteiger partial charge in [0.05, 0.1) is 0 Å². The van der Waals surface area contributed by atoms with Crippen molar-refractivity contribution in [1.29, 1.82) is 0 Å². The first-order valence-corrected chi connectivity index (χ1v) is 4.17. The predicted octanol–water partition coefficient (Wildman–Crippen LogP) is 1.79. The highest BCUT2D eigenvalue weighted by molar-refractivity contribution is 5.85. The van der Waals surface area contributed by atoms with Crippen molar-refractivity contribution in [2.24, 2.45) is 5.73 Å². The van der Waals surface area contributed by atoms with Gasteiger partial charge < -0.3 is 10.8 Å². The fourth-order valence-corrected chi connectivity index (χ4v) is 0.915. The summed E-state index contributed by atoms with van der Waals surface area (Å²) in [7, 11) is 0. The predicted molar refractivity (Wildman–Crippen MR) is 51.6 cm³/mol. The average molecular weight is 196 g/mol. The Morgan fingerprint density at radius 3 is 2.42 bits per heavy atom. The molecule has 0 aliphatic heterocycles. The molecule has 0 amide bonds. The molecule has 12 heavy (non-hydrogen) atoms. The summed E-state index contributed by atoms with van der Waals surface area (Å²) in [5, 5.41) is 8.41. The van der Waals surface area contributed by atoms with E-state index in [1.54, 1.807) is 0 Å². The molecule has 0 fully saturated rings. The highest BCUT2D eigenvalue weighted by Crippen LogP contribution is 2.03. The van der Waals surface area contributed by atoms with E-state index in [1.807, 2.05) is 0 Å². The van der Waals surface area contributed by atoms with Gasteiger partial charge in [-0.3, -0.25) is 4.79 Å². The summed E-state index contributed by atoms with van der Waals surface area (Å²) in [5.41, 5.74) is 5.30. The van der Waals surface area contributed by atoms with E-state index in [9.17, 15) is 4.79 Å². The van der Waals surface area contributed by atoms with Gasteiger partial charge in [-0.1, -0.05) is 32.6 Å². The molecule has 0 saturated carbocycles. The Labute approximate surface area is 79.7 Å². The highest BCUT2D eigenvalue weighted by atomic mass is 35.5. The van der Waals surface area contributed by atoms with Crippen LogP contribution in [0.4, 0.5) is 0 Å². The zero-order chi connectivity index (χ0) is 8.69. The molecule has 0 heterocycles. The van der Waals surface area contributed by atoms with Crippen LogP contribution in [-0.4, -0.2) is 17.1 Å². The molecule has 0 aromatic carbocycles. The average Bonchev–Trinajstić information content (AvgIpc) is 1.97. The lowest BCUT2D eigenvalue weighted by atomic mass is 10.1. The van der Waals surface area contributed by atoms with Gasteiger partial charge in [0.2, 0.25) is 0 Å². The highest BCUT2D eigenvalue weighted by Gasteiger charge is 2.09. The molecule has 0 bridgehead atoms. The number of carbonyl (C=O) groups is 1. The van der Waals surface area contributed by atoms with Gasteiger partial charge in [0, 0.05) is 0 Å². The number of carboxylic acids is 1. The molecule has 0 spiro atoms. The third kappa shape index (κ3) is 7.82. The Kier molecular flexibility index (Phi) is 10.5. The van der Waals surface area contributed by atoms with Crippen molar-refractivity contribution in [3.8, 4) is 0 Å². The Bertz CT molecular complexity index is 120. The van der Waals surface area contributed by atoms with Crippen molar-refractivity contribution in [1.82, 2.24) is 0 Å². The van der Waals surface area contributed by atoms with Crippen LogP contribution in [0.15, 0.2) is 0 Å². The maximum atomic E-state index is 10.2. The lowest BCUT2D eigenvalue weighted by Crippen LogP contribution is -2.29. The fraction of sp³-hybridized carbons (Fsp3) is 0.875. The quantitative estimate of drug-likeness (QED) is 0.636. The third-order valence-corrected chi connectivity index (χ3v) is 1.69. The first kappa shape index (κ1) is 14.3. The minimum atomic E-state index is -0.888. The van der Waals surface area contributed by atoms with Crippen LogP contribution in [0.1, 0.15) is 39.0 Å². The molecule has 3 nitrogen and oxygen atoms in total. The van der Waals surface area contributed by atoms with Crippen LogP contribution in [0.2, 0.25) is 0 Å². The van der Waals surface area contributed by atoms with Crippen LogP contribution in [-0.2, 0) is 4.79 Å². The van der Waals surface area contributed by atoms with Gasteiger partial charge in [0.1, 0.15) is 6.04 Å². The topological polar surface area (TPSA) is 63.3 Å². The van der Waals surface area contributed by atoms with Gasteiger partial charge in [-0.05, 0) is 6.42 Å². The van der Waals surface area contributed by atoms with Crippen LogP contribution in [0, 0.1) is 0 Å². The van der Waals surface area contributed by atoms with Crippen LogP contribution >= 0.6 is 12.4 Å². The molecule has 74 valence electrons. The smallest absolute Gasteiger partial charge is 0.320 e. The zero-order valence-corrected chi connectivity index (χ0v) is 8.27. The van der Waals surface area contributed by atoms with Gasteiger partial charge in [0.25, 0.3) is 0 Å². The first-order chi connectivity index (χ1) is 5.18. The van der Waals surface area contributed by atoms with Crippen molar-refractivity contribution < 1.29 is 9.90 Å². The normalized spacial score (nSPS) is 11.8. The molecule has 0 aromatic rings. The molecule has 0 aromatic heterocycles. The minimum absolute atomic E-state index is 0. The number of hydrogen-bond donors (Lipinski definition) is 2. The Morgan fingerprint density at radius 2 is 2.00 bits per heavy atom. The second kappa shape index (κ2) is 8.81. The Hall–Kier alpha value is -0.280. The maximum absolute atomic E-state index is 10.2.